The molecule has 0 heterocycles. The van der Waals surface area contributed by atoms with Gasteiger partial charge < -0.3 is 10.1 Å². The number of para-hydroxylation sites is 1. The average Bonchev–Trinajstić information content (AvgIpc) is 2.74. The lowest BCUT2D eigenvalue weighted by Gasteiger charge is -2.20. The highest BCUT2D eigenvalue weighted by atomic mass is 16.5. The molecule has 0 amide bonds. The lowest BCUT2D eigenvalue weighted by molar-refractivity contribution is 0.0976. The summed E-state index contributed by atoms with van der Waals surface area (Å²) < 4.78 is 5.25. The van der Waals surface area contributed by atoms with E-state index in [-0.39, 0.29) is 11.8 Å². The topological polar surface area (TPSA) is 38.3 Å². The summed E-state index contributed by atoms with van der Waals surface area (Å²) >= 11 is 0. The van der Waals surface area contributed by atoms with Crippen molar-refractivity contribution in [3.05, 3.63) is 95.6 Å². The minimum atomic E-state index is -0.114. The van der Waals surface area contributed by atoms with Crippen molar-refractivity contribution in [1.82, 2.24) is 0 Å². The summed E-state index contributed by atoms with van der Waals surface area (Å²) in [7, 11) is 1.65. The quantitative estimate of drug-likeness (QED) is 0.526. The molecule has 0 spiro atoms. The third-order valence-electron chi connectivity index (χ3n) is 4.71. The van der Waals surface area contributed by atoms with E-state index in [1.165, 1.54) is 5.56 Å². The Bertz CT molecular complexity index is 855. The first kappa shape index (κ1) is 18.7. The van der Waals surface area contributed by atoms with Crippen LogP contribution in [0.4, 0.5) is 5.69 Å². The van der Waals surface area contributed by atoms with Crippen LogP contribution in [0, 0.1) is 0 Å². The van der Waals surface area contributed by atoms with E-state index >= 15 is 0 Å². The molecule has 3 heteroatoms. The van der Waals surface area contributed by atoms with Gasteiger partial charge in [-0.3, -0.25) is 4.79 Å². The maximum atomic E-state index is 12.9. The number of rotatable bonds is 8. The number of hydrogen-bond acceptors (Lipinski definition) is 3. The molecule has 0 saturated carbocycles. The van der Waals surface area contributed by atoms with E-state index in [2.05, 4.69) is 12.2 Å². The summed E-state index contributed by atoms with van der Waals surface area (Å²) in [6.45, 7) is 2.11. The molecule has 3 nitrogen and oxygen atoms in total. The van der Waals surface area contributed by atoms with Crippen molar-refractivity contribution in [3.8, 4) is 5.75 Å². The highest BCUT2D eigenvalue weighted by Gasteiger charge is 2.17. The van der Waals surface area contributed by atoms with Gasteiger partial charge in [0.25, 0.3) is 0 Å². The molecule has 0 aliphatic carbocycles. The Kier molecular flexibility index (Phi) is 6.26. The van der Waals surface area contributed by atoms with Crippen LogP contribution in [0.3, 0.4) is 0 Å². The van der Waals surface area contributed by atoms with Crippen LogP contribution >= 0.6 is 0 Å². The van der Waals surface area contributed by atoms with Gasteiger partial charge >= 0.3 is 0 Å². The van der Waals surface area contributed by atoms with Crippen molar-refractivity contribution >= 4 is 11.5 Å². The fourth-order valence-corrected chi connectivity index (χ4v) is 3.05. The Hall–Kier alpha value is -3.07. The molecule has 0 aliphatic heterocycles. The Morgan fingerprint density at radius 3 is 2.19 bits per heavy atom. The third-order valence-corrected chi connectivity index (χ3v) is 4.71. The van der Waals surface area contributed by atoms with E-state index in [9.17, 15) is 4.79 Å². The predicted molar refractivity (Wildman–Crippen MR) is 111 cm³/mol. The number of carbonyl (C=O) groups excluding carboxylic acids is 1. The van der Waals surface area contributed by atoms with E-state index in [4.69, 9.17) is 4.74 Å². The number of ether oxygens (including phenoxy) is 1. The van der Waals surface area contributed by atoms with Crippen LogP contribution < -0.4 is 10.1 Å². The lowest BCUT2D eigenvalue weighted by atomic mass is 9.96. The van der Waals surface area contributed by atoms with Crippen LogP contribution in [0.2, 0.25) is 0 Å². The number of methoxy groups -OCH3 is 1. The first-order chi connectivity index (χ1) is 13.2. The number of carbonyl (C=O) groups is 1. The summed E-state index contributed by atoms with van der Waals surface area (Å²) in [5.74, 6) is 0.931. The molecule has 0 saturated heterocycles. The van der Waals surface area contributed by atoms with Crippen LogP contribution in [0.25, 0.3) is 0 Å². The summed E-state index contributed by atoms with van der Waals surface area (Å²) in [5, 5.41) is 3.49. The summed E-state index contributed by atoms with van der Waals surface area (Å²) in [6, 6.07) is 25.6. The van der Waals surface area contributed by atoms with Gasteiger partial charge in [0.1, 0.15) is 5.75 Å². The molecule has 3 rings (SSSR count). The zero-order valence-corrected chi connectivity index (χ0v) is 15.8. The fourth-order valence-electron chi connectivity index (χ4n) is 3.05. The molecule has 1 N–H and O–H groups in total. The van der Waals surface area contributed by atoms with Gasteiger partial charge in [-0.25, -0.2) is 0 Å². The number of Topliss-reactive ketones (excluding diaryl/α,β-unsaturated/α-hetero) is 1. The molecule has 0 radical (unpaired) electrons. The normalized spacial score (nSPS) is 11.6. The molecule has 3 aromatic rings. The Labute approximate surface area is 161 Å². The Morgan fingerprint density at radius 1 is 0.926 bits per heavy atom. The lowest BCUT2D eigenvalue weighted by Crippen LogP contribution is -2.16. The van der Waals surface area contributed by atoms with E-state index in [1.54, 1.807) is 7.11 Å². The van der Waals surface area contributed by atoms with Gasteiger partial charge in [-0.05, 0) is 41.8 Å². The third kappa shape index (κ3) is 4.98. The maximum Gasteiger partial charge on any atom is 0.165 e. The molecule has 0 aliphatic rings. The number of aryl methyl sites for hydroxylation is 1. The summed E-state index contributed by atoms with van der Waals surface area (Å²) in [6.07, 6.45) is 1.35. The monoisotopic (exact) mass is 359 g/mol. The van der Waals surface area contributed by atoms with Gasteiger partial charge in [0.15, 0.2) is 5.78 Å². The van der Waals surface area contributed by atoms with E-state index in [0.29, 0.717) is 6.42 Å². The van der Waals surface area contributed by atoms with Crippen LogP contribution in [-0.4, -0.2) is 12.9 Å². The fraction of sp³-hybridized carbons (Fsp3) is 0.208. The van der Waals surface area contributed by atoms with Crippen molar-refractivity contribution in [1.29, 1.82) is 0 Å². The standard InChI is InChI=1S/C24H25NO2/c1-3-18-9-11-20(12-10-18)24(26)17-23(25-21-7-5-4-6-8-21)19-13-15-22(27-2)16-14-19/h4-16,23,25H,3,17H2,1-2H3/t23-/m1/s1. The SMILES string of the molecule is CCc1ccc(C(=O)C[C@@H](Nc2ccccc2)c2ccc(OC)cc2)cc1. The molecular weight excluding hydrogens is 334 g/mol. The van der Waals surface area contributed by atoms with Gasteiger partial charge in [0, 0.05) is 17.7 Å². The number of hydrogen-bond donors (Lipinski definition) is 1. The van der Waals surface area contributed by atoms with Crippen LogP contribution in [-0.2, 0) is 6.42 Å². The zero-order valence-electron chi connectivity index (χ0n) is 15.8. The molecule has 0 aromatic heterocycles. The minimum Gasteiger partial charge on any atom is -0.497 e. The van der Waals surface area contributed by atoms with Gasteiger partial charge in [0.2, 0.25) is 0 Å². The van der Waals surface area contributed by atoms with Gasteiger partial charge in [-0.2, -0.15) is 0 Å². The number of ketones is 1. The van der Waals surface area contributed by atoms with Crippen LogP contribution in [0.1, 0.15) is 40.9 Å². The Morgan fingerprint density at radius 2 is 1.59 bits per heavy atom. The van der Waals surface area contributed by atoms with Crippen molar-refractivity contribution in [2.75, 3.05) is 12.4 Å². The minimum absolute atomic E-state index is 0.114. The molecule has 0 fully saturated rings. The van der Waals surface area contributed by atoms with Crippen molar-refractivity contribution in [3.63, 3.8) is 0 Å². The highest BCUT2D eigenvalue weighted by molar-refractivity contribution is 5.96. The molecule has 138 valence electrons. The number of anilines is 1. The summed E-state index contributed by atoms with van der Waals surface area (Å²) in [4.78, 5) is 12.9. The molecular formula is C24H25NO2. The highest BCUT2D eigenvalue weighted by Crippen LogP contribution is 2.26. The van der Waals surface area contributed by atoms with E-state index in [1.807, 2.05) is 78.9 Å². The maximum absolute atomic E-state index is 12.9. The predicted octanol–water partition coefficient (Wildman–Crippen LogP) is 5.68. The smallest absolute Gasteiger partial charge is 0.165 e. The second-order valence-corrected chi connectivity index (χ2v) is 6.51. The second kappa shape index (κ2) is 9.04. The molecule has 0 unspecified atom stereocenters. The van der Waals surface area contributed by atoms with Crippen molar-refractivity contribution in [2.24, 2.45) is 0 Å². The first-order valence-electron chi connectivity index (χ1n) is 9.27. The van der Waals surface area contributed by atoms with Crippen LogP contribution in [0.5, 0.6) is 5.75 Å². The molecule has 0 bridgehead atoms. The zero-order chi connectivity index (χ0) is 19.1. The van der Waals surface area contributed by atoms with Crippen molar-refractivity contribution < 1.29 is 9.53 Å². The van der Waals surface area contributed by atoms with Crippen molar-refractivity contribution in [2.45, 2.75) is 25.8 Å². The van der Waals surface area contributed by atoms with Gasteiger partial charge in [0.05, 0.1) is 13.2 Å². The number of benzene rings is 3. The summed E-state index contributed by atoms with van der Waals surface area (Å²) in [5.41, 5.74) is 4.03. The molecule has 1 atom stereocenters. The van der Waals surface area contributed by atoms with Gasteiger partial charge in [-0.15, -0.1) is 0 Å². The Balaban J connectivity index is 1.82. The van der Waals surface area contributed by atoms with E-state index in [0.717, 1.165) is 29.0 Å². The largest absolute Gasteiger partial charge is 0.497 e. The average molecular weight is 359 g/mol. The molecule has 3 aromatic carbocycles. The van der Waals surface area contributed by atoms with E-state index < -0.39 is 0 Å². The molecule has 27 heavy (non-hydrogen) atoms. The second-order valence-electron chi connectivity index (χ2n) is 6.51. The first-order valence-corrected chi connectivity index (χ1v) is 9.27. The van der Waals surface area contributed by atoms with Crippen LogP contribution in [0.15, 0.2) is 78.9 Å². The number of nitrogens with one attached hydrogen (secondary N) is 1. The van der Waals surface area contributed by atoms with Gasteiger partial charge in [-0.1, -0.05) is 61.5 Å².